The maximum atomic E-state index is 14.1. The van der Waals surface area contributed by atoms with Crippen molar-refractivity contribution in [3.05, 3.63) is 60.2 Å². The van der Waals surface area contributed by atoms with Crippen LogP contribution in [0.15, 0.2) is 47.3 Å². The molecule has 3 heterocycles. The summed E-state index contributed by atoms with van der Waals surface area (Å²) in [6.07, 6.45) is 6.54. The minimum Gasteiger partial charge on any atom is -0.354 e. The van der Waals surface area contributed by atoms with Gasteiger partial charge in [0.15, 0.2) is 23.2 Å². The summed E-state index contributed by atoms with van der Waals surface area (Å²) in [6, 6.07) is 3.84. The molecule has 0 radical (unpaired) electrons. The van der Waals surface area contributed by atoms with Crippen molar-refractivity contribution >= 4 is 5.91 Å². The van der Waals surface area contributed by atoms with Gasteiger partial charge in [-0.3, -0.25) is 4.79 Å². The molecule has 0 bridgehead atoms. The van der Waals surface area contributed by atoms with Gasteiger partial charge in [-0.25, -0.2) is 13.8 Å². The number of imidazole rings is 1. The molecule has 1 aromatic carbocycles. The quantitative estimate of drug-likeness (QED) is 0.743. The summed E-state index contributed by atoms with van der Waals surface area (Å²) in [5.41, 5.74) is 0.549. The molecule has 4 rings (SSSR count). The second-order valence-corrected chi connectivity index (χ2v) is 5.49. The molecular weight excluding hydrogens is 330 g/mol. The zero-order valence-electron chi connectivity index (χ0n) is 12.9. The number of H-pyrrole nitrogens is 1. The molecule has 0 spiro atoms. The molecule has 1 amide bonds. The molecule has 1 N–H and O–H groups in total. The molecule has 8 heteroatoms. The van der Waals surface area contributed by atoms with Crippen molar-refractivity contribution in [3.8, 4) is 22.6 Å². The molecule has 0 atom stereocenters. The van der Waals surface area contributed by atoms with E-state index in [1.807, 2.05) is 12.2 Å². The van der Waals surface area contributed by atoms with Crippen LogP contribution >= 0.6 is 0 Å². The first-order valence-corrected chi connectivity index (χ1v) is 7.54. The lowest BCUT2D eigenvalue weighted by Crippen LogP contribution is -2.29. The lowest BCUT2D eigenvalue weighted by atomic mass is 10.1. The van der Waals surface area contributed by atoms with Gasteiger partial charge in [-0.1, -0.05) is 29.4 Å². The number of amides is 1. The number of benzene rings is 1. The molecular formula is C17H12F2N4O2. The van der Waals surface area contributed by atoms with Crippen LogP contribution in [0.25, 0.3) is 22.6 Å². The maximum absolute atomic E-state index is 14.1. The van der Waals surface area contributed by atoms with Crippen LogP contribution in [-0.4, -0.2) is 39.0 Å². The van der Waals surface area contributed by atoms with E-state index in [-0.39, 0.29) is 34.3 Å². The average molecular weight is 342 g/mol. The molecule has 126 valence electrons. The first kappa shape index (κ1) is 15.3. The van der Waals surface area contributed by atoms with Crippen LogP contribution in [0.5, 0.6) is 0 Å². The van der Waals surface area contributed by atoms with E-state index < -0.39 is 11.6 Å². The van der Waals surface area contributed by atoms with Crippen molar-refractivity contribution < 1.29 is 18.1 Å². The normalized spacial score (nSPS) is 13.6. The molecule has 0 aliphatic carbocycles. The number of nitrogens with zero attached hydrogens (tertiary/aromatic N) is 3. The maximum Gasteiger partial charge on any atom is 0.290 e. The van der Waals surface area contributed by atoms with Gasteiger partial charge >= 0.3 is 0 Å². The minimum atomic E-state index is -0.998. The first-order valence-electron chi connectivity index (χ1n) is 7.54. The summed E-state index contributed by atoms with van der Waals surface area (Å²) < 4.78 is 32.7. The predicted molar refractivity (Wildman–Crippen MR) is 84.5 cm³/mol. The highest BCUT2D eigenvalue weighted by Gasteiger charge is 2.23. The van der Waals surface area contributed by atoms with Crippen LogP contribution in [0, 0.1) is 11.6 Å². The molecule has 0 saturated heterocycles. The van der Waals surface area contributed by atoms with E-state index in [9.17, 15) is 13.6 Å². The van der Waals surface area contributed by atoms with Crippen molar-refractivity contribution in [2.75, 3.05) is 13.1 Å². The summed E-state index contributed by atoms with van der Waals surface area (Å²) in [5, 5.41) is 3.65. The third-order valence-electron chi connectivity index (χ3n) is 3.93. The molecule has 1 aliphatic rings. The van der Waals surface area contributed by atoms with Gasteiger partial charge in [0.2, 0.25) is 0 Å². The van der Waals surface area contributed by atoms with Crippen molar-refractivity contribution in [1.82, 2.24) is 20.0 Å². The summed E-state index contributed by atoms with van der Waals surface area (Å²) in [6.45, 7) is 1.05. The molecule has 3 aromatic rings. The van der Waals surface area contributed by atoms with E-state index >= 15 is 0 Å². The van der Waals surface area contributed by atoms with E-state index in [4.69, 9.17) is 4.52 Å². The lowest BCUT2D eigenvalue weighted by molar-refractivity contribution is 0.0789. The standard InChI is InChI=1S/C17H12F2N4O2/c18-12-5-3-4-10(14(12)19)11-8-21-25-15(11)13-9-20-16(22-13)17(24)23-6-1-2-7-23/h1-5,8-9H,6-7H2,(H,20,22). The highest BCUT2D eigenvalue weighted by molar-refractivity contribution is 5.92. The van der Waals surface area contributed by atoms with Crippen molar-refractivity contribution in [2.24, 2.45) is 0 Å². The predicted octanol–water partition coefficient (Wildman–Crippen LogP) is 3.02. The smallest absolute Gasteiger partial charge is 0.290 e. The molecule has 25 heavy (non-hydrogen) atoms. The highest BCUT2D eigenvalue weighted by Crippen LogP contribution is 2.33. The van der Waals surface area contributed by atoms with E-state index in [1.165, 1.54) is 24.5 Å². The number of rotatable bonds is 3. The molecule has 0 fully saturated rings. The van der Waals surface area contributed by atoms with Crippen LogP contribution in [0.4, 0.5) is 8.78 Å². The second-order valence-electron chi connectivity index (χ2n) is 5.49. The third kappa shape index (κ3) is 2.61. The van der Waals surface area contributed by atoms with Gasteiger partial charge < -0.3 is 14.4 Å². The Morgan fingerprint density at radius 2 is 2.00 bits per heavy atom. The topological polar surface area (TPSA) is 75.0 Å². The molecule has 0 saturated carbocycles. The van der Waals surface area contributed by atoms with E-state index in [1.54, 1.807) is 4.90 Å². The lowest BCUT2D eigenvalue weighted by Gasteiger charge is -2.12. The van der Waals surface area contributed by atoms with Gasteiger partial charge in [0.25, 0.3) is 5.91 Å². The monoisotopic (exact) mass is 342 g/mol. The SMILES string of the molecule is O=C(c1nc(-c2oncc2-c2cccc(F)c2F)c[nH]1)N1CC=CC1. The Morgan fingerprint density at radius 1 is 1.20 bits per heavy atom. The summed E-state index contributed by atoms with van der Waals surface area (Å²) >= 11 is 0. The highest BCUT2D eigenvalue weighted by atomic mass is 19.2. The molecule has 1 aliphatic heterocycles. The van der Waals surface area contributed by atoms with Gasteiger partial charge in [-0.15, -0.1) is 0 Å². The Morgan fingerprint density at radius 3 is 2.80 bits per heavy atom. The Bertz CT molecular complexity index is 969. The molecule has 0 unspecified atom stereocenters. The van der Waals surface area contributed by atoms with Crippen LogP contribution in [0.1, 0.15) is 10.6 Å². The Hall–Kier alpha value is -3.29. The Balaban J connectivity index is 1.69. The summed E-state index contributed by atoms with van der Waals surface area (Å²) in [4.78, 5) is 20.9. The van der Waals surface area contributed by atoms with Crippen molar-refractivity contribution in [1.29, 1.82) is 0 Å². The fraction of sp³-hybridized carbons (Fsp3) is 0.118. The Kier molecular flexibility index (Phi) is 3.64. The Labute approximate surface area is 140 Å². The zero-order valence-corrected chi connectivity index (χ0v) is 12.9. The average Bonchev–Trinajstić information content (AvgIpc) is 3.37. The number of nitrogens with one attached hydrogen (secondary N) is 1. The number of hydrogen-bond acceptors (Lipinski definition) is 4. The number of aromatic nitrogens is 3. The van der Waals surface area contributed by atoms with E-state index in [0.29, 0.717) is 13.1 Å². The summed E-state index contributed by atoms with van der Waals surface area (Å²) in [5.74, 6) is -1.93. The van der Waals surface area contributed by atoms with Crippen LogP contribution < -0.4 is 0 Å². The summed E-state index contributed by atoms with van der Waals surface area (Å²) in [7, 11) is 0. The van der Waals surface area contributed by atoms with Gasteiger partial charge in [-0.2, -0.15) is 0 Å². The van der Waals surface area contributed by atoms with Gasteiger partial charge in [0.1, 0.15) is 5.69 Å². The number of carbonyl (C=O) groups is 1. The van der Waals surface area contributed by atoms with E-state index in [2.05, 4.69) is 15.1 Å². The van der Waals surface area contributed by atoms with Gasteiger partial charge in [-0.05, 0) is 6.07 Å². The van der Waals surface area contributed by atoms with Crippen molar-refractivity contribution in [3.63, 3.8) is 0 Å². The fourth-order valence-electron chi connectivity index (χ4n) is 2.67. The second kappa shape index (κ2) is 5.97. The largest absolute Gasteiger partial charge is 0.354 e. The number of halogens is 2. The zero-order chi connectivity index (χ0) is 17.4. The van der Waals surface area contributed by atoms with Crippen LogP contribution in [0.2, 0.25) is 0 Å². The number of aromatic amines is 1. The van der Waals surface area contributed by atoms with Gasteiger partial charge in [0.05, 0.1) is 11.8 Å². The van der Waals surface area contributed by atoms with Crippen molar-refractivity contribution in [2.45, 2.75) is 0 Å². The van der Waals surface area contributed by atoms with Gasteiger partial charge in [0, 0.05) is 24.8 Å². The molecule has 6 nitrogen and oxygen atoms in total. The number of carbonyl (C=O) groups excluding carboxylic acids is 1. The number of hydrogen-bond donors (Lipinski definition) is 1. The first-order chi connectivity index (χ1) is 12.1. The van der Waals surface area contributed by atoms with Crippen LogP contribution in [-0.2, 0) is 0 Å². The van der Waals surface area contributed by atoms with Crippen LogP contribution in [0.3, 0.4) is 0 Å². The third-order valence-corrected chi connectivity index (χ3v) is 3.93. The minimum absolute atomic E-state index is 0.0101. The van der Waals surface area contributed by atoms with E-state index in [0.717, 1.165) is 6.07 Å². The molecule has 2 aromatic heterocycles. The fourth-order valence-corrected chi connectivity index (χ4v) is 2.67.